The minimum absolute atomic E-state index is 0.0550. The van der Waals surface area contributed by atoms with Crippen LogP contribution in [-0.2, 0) is 11.2 Å². The van der Waals surface area contributed by atoms with Gasteiger partial charge in [0.05, 0.1) is 19.1 Å². The summed E-state index contributed by atoms with van der Waals surface area (Å²) < 4.78 is 5.13. The molecular formula is C17H26N2O2. The van der Waals surface area contributed by atoms with Crippen LogP contribution >= 0.6 is 0 Å². The molecule has 1 amide bonds. The SMILES string of the molecule is COc1ccc(CC(=O)NC2(CN)CCCCC2C)cc1. The van der Waals surface area contributed by atoms with Crippen molar-refractivity contribution in [2.75, 3.05) is 13.7 Å². The van der Waals surface area contributed by atoms with E-state index in [0.717, 1.165) is 30.6 Å². The molecule has 4 heteroatoms. The lowest BCUT2D eigenvalue weighted by molar-refractivity contribution is -0.123. The lowest BCUT2D eigenvalue weighted by atomic mass is 9.73. The first-order valence-corrected chi connectivity index (χ1v) is 7.73. The van der Waals surface area contributed by atoms with Gasteiger partial charge in [0.1, 0.15) is 5.75 Å². The molecule has 4 nitrogen and oxygen atoms in total. The van der Waals surface area contributed by atoms with Crippen LogP contribution in [0.25, 0.3) is 0 Å². The summed E-state index contributed by atoms with van der Waals surface area (Å²) in [5.41, 5.74) is 6.75. The van der Waals surface area contributed by atoms with Crippen molar-refractivity contribution in [3.63, 3.8) is 0 Å². The number of nitrogens with one attached hydrogen (secondary N) is 1. The second kappa shape index (κ2) is 6.94. The number of rotatable bonds is 5. The molecule has 116 valence electrons. The van der Waals surface area contributed by atoms with E-state index in [9.17, 15) is 4.79 Å². The van der Waals surface area contributed by atoms with Gasteiger partial charge in [-0.25, -0.2) is 0 Å². The molecule has 1 fully saturated rings. The molecule has 0 heterocycles. The zero-order valence-electron chi connectivity index (χ0n) is 13.0. The van der Waals surface area contributed by atoms with Gasteiger partial charge in [-0.1, -0.05) is 31.9 Å². The molecule has 2 atom stereocenters. The highest BCUT2D eigenvalue weighted by molar-refractivity contribution is 5.79. The topological polar surface area (TPSA) is 64.3 Å². The van der Waals surface area contributed by atoms with Crippen molar-refractivity contribution in [2.24, 2.45) is 11.7 Å². The van der Waals surface area contributed by atoms with Crippen LogP contribution in [-0.4, -0.2) is 25.1 Å². The van der Waals surface area contributed by atoms with Gasteiger partial charge in [-0.2, -0.15) is 0 Å². The average molecular weight is 290 g/mol. The fourth-order valence-electron chi connectivity index (χ4n) is 3.20. The highest BCUT2D eigenvalue weighted by Crippen LogP contribution is 2.32. The van der Waals surface area contributed by atoms with Gasteiger partial charge < -0.3 is 15.8 Å². The Kier molecular flexibility index (Phi) is 5.23. The Hall–Kier alpha value is -1.55. The fourth-order valence-corrected chi connectivity index (χ4v) is 3.20. The van der Waals surface area contributed by atoms with Crippen LogP contribution in [0, 0.1) is 5.92 Å². The molecule has 0 bridgehead atoms. The molecule has 0 saturated heterocycles. The predicted molar refractivity (Wildman–Crippen MR) is 84.3 cm³/mol. The average Bonchev–Trinajstić information content (AvgIpc) is 2.50. The molecule has 21 heavy (non-hydrogen) atoms. The van der Waals surface area contributed by atoms with Gasteiger partial charge in [-0.15, -0.1) is 0 Å². The van der Waals surface area contributed by atoms with Crippen LogP contribution < -0.4 is 15.8 Å². The van der Waals surface area contributed by atoms with Gasteiger partial charge >= 0.3 is 0 Å². The highest BCUT2D eigenvalue weighted by atomic mass is 16.5. The van der Waals surface area contributed by atoms with Crippen molar-refractivity contribution in [2.45, 2.75) is 44.6 Å². The van der Waals surface area contributed by atoms with Crippen LogP contribution in [0.15, 0.2) is 24.3 Å². The Morgan fingerprint density at radius 1 is 1.38 bits per heavy atom. The monoisotopic (exact) mass is 290 g/mol. The minimum atomic E-state index is -0.220. The number of nitrogens with two attached hydrogens (primary N) is 1. The standard InChI is InChI=1S/C17H26N2O2/c1-13-5-3-4-10-17(13,12-18)19-16(20)11-14-6-8-15(21-2)9-7-14/h6-9,13H,3-5,10-12,18H2,1-2H3,(H,19,20). The number of hydrogen-bond donors (Lipinski definition) is 2. The van der Waals surface area contributed by atoms with Crippen molar-refractivity contribution >= 4 is 5.91 Å². The number of carbonyl (C=O) groups is 1. The van der Waals surface area contributed by atoms with Gasteiger partial charge in [0.2, 0.25) is 5.91 Å². The molecule has 0 spiro atoms. The third kappa shape index (κ3) is 3.76. The van der Waals surface area contributed by atoms with Gasteiger partial charge in [0, 0.05) is 6.54 Å². The molecule has 2 unspecified atom stereocenters. The Labute approximate surface area is 127 Å². The van der Waals surface area contributed by atoms with E-state index in [4.69, 9.17) is 10.5 Å². The summed E-state index contributed by atoms with van der Waals surface area (Å²) in [6, 6.07) is 7.62. The van der Waals surface area contributed by atoms with Gasteiger partial charge in [-0.05, 0) is 36.5 Å². The molecular weight excluding hydrogens is 264 g/mol. The van der Waals surface area contributed by atoms with E-state index < -0.39 is 0 Å². The molecule has 1 aromatic rings. The zero-order valence-corrected chi connectivity index (χ0v) is 13.0. The normalized spacial score (nSPS) is 25.4. The van der Waals surface area contributed by atoms with E-state index in [2.05, 4.69) is 12.2 Å². The third-order valence-electron chi connectivity index (χ3n) is 4.73. The summed E-state index contributed by atoms with van der Waals surface area (Å²) in [6.07, 6.45) is 4.89. The summed E-state index contributed by atoms with van der Waals surface area (Å²) in [4.78, 5) is 12.3. The summed E-state index contributed by atoms with van der Waals surface area (Å²) in [5, 5.41) is 3.21. The van der Waals surface area contributed by atoms with E-state index in [1.807, 2.05) is 24.3 Å². The predicted octanol–water partition coefficient (Wildman–Crippen LogP) is 2.26. The molecule has 2 rings (SSSR count). The summed E-state index contributed by atoms with van der Waals surface area (Å²) in [5.74, 6) is 1.30. The number of carbonyl (C=O) groups excluding carboxylic acids is 1. The lowest BCUT2D eigenvalue weighted by Crippen LogP contribution is -2.59. The molecule has 3 N–H and O–H groups in total. The Balaban J connectivity index is 1.99. The first-order chi connectivity index (χ1) is 10.1. The summed E-state index contributed by atoms with van der Waals surface area (Å²) in [7, 11) is 1.64. The number of amides is 1. The number of hydrogen-bond acceptors (Lipinski definition) is 3. The first kappa shape index (κ1) is 15.8. The van der Waals surface area contributed by atoms with E-state index >= 15 is 0 Å². The molecule has 1 aliphatic rings. The number of benzene rings is 1. The largest absolute Gasteiger partial charge is 0.497 e. The van der Waals surface area contributed by atoms with Crippen molar-refractivity contribution in [3.8, 4) is 5.75 Å². The lowest BCUT2D eigenvalue weighted by Gasteiger charge is -2.42. The van der Waals surface area contributed by atoms with Crippen LogP contribution in [0.1, 0.15) is 38.2 Å². The Morgan fingerprint density at radius 2 is 2.10 bits per heavy atom. The highest BCUT2D eigenvalue weighted by Gasteiger charge is 2.38. The van der Waals surface area contributed by atoms with Gasteiger partial charge in [0.25, 0.3) is 0 Å². The first-order valence-electron chi connectivity index (χ1n) is 7.73. The van der Waals surface area contributed by atoms with Crippen molar-refractivity contribution < 1.29 is 9.53 Å². The van der Waals surface area contributed by atoms with E-state index in [1.54, 1.807) is 7.11 Å². The van der Waals surface area contributed by atoms with Gasteiger partial charge in [0.15, 0.2) is 0 Å². The van der Waals surface area contributed by atoms with Crippen LogP contribution in [0.3, 0.4) is 0 Å². The van der Waals surface area contributed by atoms with Crippen molar-refractivity contribution in [3.05, 3.63) is 29.8 Å². The maximum Gasteiger partial charge on any atom is 0.224 e. The van der Waals surface area contributed by atoms with Crippen LogP contribution in [0.5, 0.6) is 5.75 Å². The Morgan fingerprint density at radius 3 is 2.67 bits per heavy atom. The maximum absolute atomic E-state index is 12.3. The summed E-state index contributed by atoms with van der Waals surface area (Å²) in [6.45, 7) is 2.71. The third-order valence-corrected chi connectivity index (χ3v) is 4.73. The molecule has 0 aliphatic heterocycles. The second-order valence-corrected chi connectivity index (χ2v) is 6.08. The van der Waals surface area contributed by atoms with Crippen LogP contribution in [0.2, 0.25) is 0 Å². The van der Waals surface area contributed by atoms with E-state index in [0.29, 0.717) is 18.9 Å². The maximum atomic E-state index is 12.3. The fraction of sp³-hybridized carbons (Fsp3) is 0.588. The smallest absolute Gasteiger partial charge is 0.224 e. The van der Waals surface area contributed by atoms with Crippen molar-refractivity contribution in [1.29, 1.82) is 0 Å². The molecule has 1 aliphatic carbocycles. The number of ether oxygens (including phenoxy) is 1. The number of methoxy groups -OCH3 is 1. The quantitative estimate of drug-likeness (QED) is 0.874. The van der Waals surface area contributed by atoms with E-state index in [1.165, 1.54) is 6.42 Å². The van der Waals surface area contributed by atoms with Gasteiger partial charge in [-0.3, -0.25) is 4.79 Å². The summed E-state index contributed by atoms with van der Waals surface area (Å²) >= 11 is 0. The van der Waals surface area contributed by atoms with E-state index in [-0.39, 0.29) is 11.4 Å². The van der Waals surface area contributed by atoms with Crippen molar-refractivity contribution in [1.82, 2.24) is 5.32 Å². The molecule has 1 aromatic carbocycles. The Bertz CT molecular complexity index is 472. The second-order valence-electron chi connectivity index (χ2n) is 6.08. The molecule has 0 aromatic heterocycles. The minimum Gasteiger partial charge on any atom is -0.497 e. The van der Waals surface area contributed by atoms with Crippen LogP contribution in [0.4, 0.5) is 0 Å². The molecule has 0 radical (unpaired) electrons. The molecule has 1 saturated carbocycles. The zero-order chi connectivity index (χ0) is 15.3.